The fraction of sp³-hybridized carbons (Fsp3) is 0.529. The van der Waals surface area contributed by atoms with Gasteiger partial charge in [0.25, 0.3) is 11.8 Å². The molecule has 2 amide bonds. The first-order chi connectivity index (χ1) is 12.3. The Morgan fingerprint density at radius 1 is 1.27 bits per heavy atom. The molecule has 2 heterocycles. The zero-order chi connectivity index (χ0) is 18.7. The summed E-state index contributed by atoms with van der Waals surface area (Å²) in [6.45, 7) is 2.85. The molecule has 3 rings (SSSR count). The van der Waals surface area contributed by atoms with E-state index in [1.807, 2.05) is 4.90 Å². The fourth-order valence-electron chi connectivity index (χ4n) is 3.38. The number of nitrogens with one attached hydrogen (secondary N) is 3. The van der Waals surface area contributed by atoms with Gasteiger partial charge in [0.1, 0.15) is 0 Å². The van der Waals surface area contributed by atoms with Crippen molar-refractivity contribution in [3.63, 3.8) is 0 Å². The molecule has 3 N–H and O–H groups in total. The van der Waals surface area contributed by atoms with Crippen molar-refractivity contribution < 1.29 is 27.7 Å². The number of quaternary nitrogens is 1. The molecule has 26 heavy (non-hydrogen) atoms. The van der Waals surface area contributed by atoms with Crippen LogP contribution in [0.3, 0.4) is 0 Å². The van der Waals surface area contributed by atoms with Gasteiger partial charge in [-0.1, -0.05) is 0 Å². The zero-order valence-corrected chi connectivity index (χ0v) is 14.3. The van der Waals surface area contributed by atoms with Crippen LogP contribution in [0.5, 0.6) is 0 Å². The second-order valence-electron chi connectivity index (χ2n) is 6.68. The molecule has 0 bridgehead atoms. The van der Waals surface area contributed by atoms with E-state index in [1.54, 1.807) is 0 Å². The highest BCUT2D eigenvalue weighted by molar-refractivity contribution is 5.95. The lowest BCUT2D eigenvalue weighted by atomic mass is 10.1. The van der Waals surface area contributed by atoms with Crippen molar-refractivity contribution in [2.24, 2.45) is 0 Å². The van der Waals surface area contributed by atoms with Gasteiger partial charge in [-0.25, -0.2) is 0 Å². The Hall–Kier alpha value is -2.29. The molecule has 0 radical (unpaired) electrons. The van der Waals surface area contributed by atoms with Gasteiger partial charge >= 0.3 is 6.18 Å². The molecule has 1 aromatic rings. The molecule has 0 aliphatic carbocycles. The molecule has 6 nitrogen and oxygen atoms in total. The van der Waals surface area contributed by atoms with Crippen LogP contribution in [0.1, 0.15) is 18.4 Å². The number of carbonyl (C=O) groups is 2. The Morgan fingerprint density at radius 3 is 2.65 bits per heavy atom. The van der Waals surface area contributed by atoms with Crippen LogP contribution in [0.4, 0.5) is 24.5 Å². The summed E-state index contributed by atoms with van der Waals surface area (Å²) in [5.41, 5.74) is -0.0109. The molecule has 1 aromatic carbocycles. The standard InChI is InChI=1S/C17H21F3N4O2/c18-17(19,20)12-3-4-14(24-6-1-2-7-24)13(9-12)22-16(26)11-23-8-5-21-15(25)10-23/h3-4,9H,1-2,5-8,10-11H2,(H,21,25)(H,22,26)/p+1. The fourth-order valence-corrected chi connectivity index (χ4v) is 3.38. The van der Waals surface area contributed by atoms with Crippen LogP contribution in [0.2, 0.25) is 0 Å². The lowest BCUT2D eigenvalue weighted by Crippen LogP contribution is -3.16. The Bertz CT molecular complexity index is 687. The van der Waals surface area contributed by atoms with Crippen LogP contribution >= 0.6 is 0 Å². The predicted octanol–water partition coefficient (Wildman–Crippen LogP) is 0.259. The molecule has 2 saturated heterocycles. The third-order valence-electron chi connectivity index (χ3n) is 4.67. The number of hydrogen-bond acceptors (Lipinski definition) is 3. The van der Waals surface area contributed by atoms with Crippen molar-refractivity contribution in [3.05, 3.63) is 23.8 Å². The van der Waals surface area contributed by atoms with Crippen molar-refractivity contribution in [1.82, 2.24) is 5.32 Å². The summed E-state index contributed by atoms with van der Waals surface area (Å²) in [6.07, 6.45) is -2.53. The van der Waals surface area contributed by atoms with Crippen molar-refractivity contribution in [1.29, 1.82) is 0 Å². The number of nitrogens with zero attached hydrogens (tertiary/aromatic N) is 1. The van der Waals surface area contributed by atoms with Crippen LogP contribution in [0, 0.1) is 0 Å². The number of piperazine rings is 1. The lowest BCUT2D eigenvalue weighted by molar-refractivity contribution is -0.885. The number of alkyl halides is 3. The monoisotopic (exact) mass is 371 g/mol. The van der Waals surface area contributed by atoms with E-state index < -0.39 is 17.6 Å². The minimum atomic E-state index is -4.47. The summed E-state index contributed by atoms with van der Waals surface area (Å²) < 4.78 is 39.2. The average molecular weight is 371 g/mol. The number of hydrogen-bond donors (Lipinski definition) is 3. The number of amides is 2. The normalized spacial score (nSPS) is 20.8. The van der Waals surface area contributed by atoms with Crippen LogP contribution in [0.25, 0.3) is 0 Å². The average Bonchev–Trinajstić information content (AvgIpc) is 3.08. The van der Waals surface area contributed by atoms with Gasteiger partial charge in [-0.15, -0.1) is 0 Å². The molecular formula is C17H22F3N4O2+. The van der Waals surface area contributed by atoms with E-state index in [0.717, 1.165) is 43.0 Å². The van der Waals surface area contributed by atoms with E-state index in [2.05, 4.69) is 10.6 Å². The Morgan fingerprint density at radius 2 is 2.00 bits per heavy atom. The van der Waals surface area contributed by atoms with Gasteiger partial charge in [-0.05, 0) is 31.0 Å². The number of carbonyl (C=O) groups excluding carboxylic acids is 2. The summed E-state index contributed by atoms with van der Waals surface area (Å²) in [5.74, 6) is -0.523. The van der Waals surface area contributed by atoms with Gasteiger partial charge in [0, 0.05) is 13.1 Å². The summed E-state index contributed by atoms with van der Waals surface area (Å²) >= 11 is 0. The number of anilines is 2. The Balaban J connectivity index is 1.77. The summed E-state index contributed by atoms with van der Waals surface area (Å²) in [7, 11) is 0. The maximum Gasteiger partial charge on any atom is 0.416 e. The molecule has 0 saturated carbocycles. The van der Waals surface area contributed by atoms with E-state index in [0.29, 0.717) is 18.8 Å². The van der Waals surface area contributed by atoms with E-state index in [1.165, 1.54) is 6.07 Å². The maximum absolute atomic E-state index is 13.1. The van der Waals surface area contributed by atoms with Gasteiger partial charge in [0.05, 0.1) is 30.0 Å². The quantitative estimate of drug-likeness (QED) is 0.711. The van der Waals surface area contributed by atoms with Crippen LogP contribution in [-0.2, 0) is 15.8 Å². The minimum Gasteiger partial charge on any atom is -0.370 e. The lowest BCUT2D eigenvalue weighted by Gasteiger charge is -2.25. The highest BCUT2D eigenvalue weighted by atomic mass is 19.4. The second-order valence-corrected chi connectivity index (χ2v) is 6.68. The molecule has 9 heteroatoms. The number of halogens is 3. The first kappa shape index (κ1) is 18.5. The van der Waals surface area contributed by atoms with Crippen molar-refractivity contribution in [2.75, 3.05) is 49.5 Å². The molecule has 142 valence electrons. The third-order valence-corrected chi connectivity index (χ3v) is 4.67. The largest absolute Gasteiger partial charge is 0.416 e. The van der Waals surface area contributed by atoms with Crippen LogP contribution in [0.15, 0.2) is 18.2 Å². The predicted molar refractivity (Wildman–Crippen MR) is 90.1 cm³/mol. The first-order valence-electron chi connectivity index (χ1n) is 8.69. The Labute approximate surface area is 149 Å². The van der Waals surface area contributed by atoms with Gasteiger partial charge in [-0.2, -0.15) is 13.2 Å². The zero-order valence-electron chi connectivity index (χ0n) is 14.3. The van der Waals surface area contributed by atoms with Gasteiger partial charge in [-0.3, -0.25) is 9.59 Å². The van der Waals surface area contributed by atoms with E-state index in [4.69, 9.17) is 0 Å². The minimum absolute atomic E-state index is 0.0447. The van der Waals surface area contributed by atoms with Crippen molar-refractivity contribution in [2.45, 2.75) is 19.0 Å². The highest BCUT2D eigenvalue weighted by Gasteiger charge is 2.32. The van der Waals surface area contributed by atoms with Gasteiger partial charge in [0.15, 0.2) is 13.1 Å². The van der Waals surface area contributed by atoms with E-state index in [-0.39, 0.29) is 24.7 Å². The van der Waals surface area contributed by atoms with E-state index in [9.17, 15) is 22.8 Å². The molecule has 2 fully saturated rings. The third kappa shape index (κ3) is 4.46. The first-order valence-corrected chi connectivity index (χ1v) is 8.69. The summed E-state index contributed by atoms with van der Waals surface area (Å²) in [5, 5.41) is 5.31. The van der Waals surface area contributed by atoms with Crippen LogP contribution < -0.4 is 20.4 Å². The topological polar surface area (TPSA) is 65.9 Å². The second kappa shape index (κ2) is 7.53. The maximum atomic E-state index is 13.1. The van der Waals surface area contributed by atoms with Crippen LogP contribution in [-0.4, -0.2) is 51.1 Å². The molecule has 1 unspecified atom stereocenters. The molecule has 2 aliphatic rings. The van der Waals surface area contributed by atoms with E-state index >= 15 is 0 Å². The SMILES string of the molecule is O=C1C[NH+](CC(=O)Nc2cc(C(F)(F)F)ccc2N2CCCC2)CCN1. The highest BCUT2D eigenvalue weighted by Crippen LogP contribution is 2.36. The number of benzene rings is 1. The Kier molecular flexibility index (Phi) is 5.36. The van der Waals surface area contributed by atoms with Crippen molar-refractivity contribution >= 4 is 23.2 Å². The van der Waals surface area contributed by atoms with Crippen molar-refractivity contribution in [3.8, 4) is 0 Å². The number of rotatable bonds is 4. The molecular weight excluding hydrogens is 349 g/mol. The molecule has 0 spiro atoms. The molecule has 0 aromatic heterocycles. The summed E-state index contributed by atoms with van der Waals surface area (Å²) in [6, 6.07) is 3.46. The van der Waals surface area contributed by atoms with Gasteiger partial charge in [0.2, 0.25) is 0 Å². The molecule has 2 aliphatic heterocycles. The molecule has 1 atom stereocenters. The smallest absolute Gasteiger partial charge is 0.370 e. The van der Waals surface area contributed by atoms with Gasteiger partial charge < -0.3 is 20.4 Å². The summed E-state index contributed by atoms with van der Waals surface area (Å²) in [4.78, 5) is 26.5.